The van der Waals surface area contributed by atoms with Gasteiger partial charge < -0.3 is 10.2 Å². The number of hydrogen-bond donors (Lipinski definition) is 1. The summed E-state index contributed by atoms with van der Waals surface area (Å²) in [5, 5.41) is 6.49. The number of aromatic nitrogens is 3. The van der Waals surface area contributed by atoms with Crippen molar-refractivity contribution in [1.29, 1.82) is 0 Å². The lowest BCUT2D eigenvalue weighted by molar-refractivity contribution is -0.137. The second-order valence-electron chi connectivity index (χ2n) is 7.33. The Labute approximate surface area is 179 Å². The molecule has 0 saturated heterocycles. The van der Waals surface area contributed by atoms with Crippen LogP contribution < -0.4 is 21.3 Å². The van der Waals surface area contributed by atoms with Crippen LogP contribution in [-0.4, -0.2) is 26.8 Å². The Morgan fingerprint density at radius 2 is 1.78 bits per heavy atom. The number of carbonyl (C=O) groups excluding carboxylic acids is 1. The maximum atomic E-state index is 12.9. The van der Waals surface area contributed by atoms with Gasteiger partial charge in [-0.05, 0) is 37.3 Å². The van der Waals surface area contributed by atoms with Crippen molar-refractivity contribution in [3.63, 3.8) is 0 Å². The first-order chi connectivity index (χ1) is 15.1. The predicted octanol–water partition coefficient (Wildman–Crippen LogP) is 2.52. The Hall–Kier alpha value is -3.89. The molecule has 0 aliphatic carbocycles. The van der Waals surface area contributed by atoms with E-state index in [9.17, 15) is 27.6 Å². The maximum absolute atomic E-state index is 12.9. The fourth-order valence-corrected chi connectivity index (χ4v) is 3.41. The first kappa shape index (κ1) is 21.3. The number of benzene rings is 2. The van der Waals surface area contributed by atoms with E-state index in [2.05, 4.69) is 10.4 Å². The first-order valence-electron chi connectivity index (χ1n) is 9.67. The normalized spacial score (nSPS) is 13.2. The van der Waals surface area contributed by atoms with Gasteiger partial charge in [0.05, 0.1) is 5.56 Å². The van der Waals surface area contributed by atoms with E-state index in [1.807, 2.05) is 31.2 Å². The number of rotatable bonds is 4. The number of carbonyl (C=O) groups is 1. The Bertz CT molecular complexity index is 1300. The number of amides is 1. The van der Waals surface area contributed by atoms with Crippen molar-refractivity contribution < 1.29 is 18.0 Å². The average molecular weight is 445 g/mol. The largest absolute Gasteiger partial charge is 0.416 e. The molecule has 0 spiro atoms. The second-order valence-corrected chi connectivity index (χ2v) is 7.33. The Balaban J connectivity index is 1.60. The minimum absolute atomic E-state index is 0.0861. The molecule has 2 aromatic carbocycles. The van der Waals surface area contributed by atoms with E-state index in [0.29, 0.717) is 6.54 Å². The van der Waals surface area contributed by atoms with Crippen LogP contribution in [0.2, 0.25) is 0 Å². The molecule has 1 aliphatic rings. The Morgan fingerprint density at radius 1 is 1.06 bits per heavy atom. The van der Waals surface area contributed by atoms with Gasteiger partial charge in [-0.2, -0.15) is 13.2 Å². The van der Waals surface area contributed by atoms with Crippen LogP contribution in [0, 0.1) is 6.92 Å². The van der Waals surface area contributed by atoms with Gasteiger partial charge in [0.25, 0.3) is 0 Å². The van der Waals surface area contributed by atoms with Crippen LogP contribution in [-0.2, 0) is 24.1 Å². The number of aryl methyl sites for hydroxylation is 1. The lowest BCUT2D eigenvalue weighted by Crippen LogP contribution is -2.44. The number of halogens is 3. The van der Waals surface area contributed by atoms with E-state index in [0.717, 1.165) is 34.1 Å². The van der Waals surface area contributed by atoms with E-state index in [4.69, 9.17) is 0 Å². The van der Waals surface area contributed by atoms with Crippen LogP contribution in [0.15, 0.2) is 58.1 Å². The molecule has 2 heterocycles. The van der Waals surface area contributed by atoms with Gasteiger partial charge in [-0.15, -0.1) is 5.10 Å². The zero-order valence-electron chi connectivity index (χ0n) is 16.9. The molecular formula is C21H18F3N5O3. The van der Waals surface area contributed by atoms with Crippen molar-refractivity contribution in [1.82, 2.24) is 14.3 Å². The number of hydrogen-bond acceptors (Lipinski definition) is 5. The van der Waals surface area contributed by atoms with Gasteiger partial charge in [-0.1, -0.05) is 23.8 Å². The van der Waals surface area contributed by atoms with Gasteiger partial charge >= 0.3 is 17.3 Å². The minimum atomic E-state index is -4.56. The molecule has 0 fully saturated rings. The van der Waals surface area contributed by atoms with Gasteiger partial charge in [0.15, 0.2) is 0 Å². The molecule has 0 bridgehead atoms. The van der Waals surface area contributed by atoms with Gasteiger partial charge in [0.2, 0.25) is 11.9 Å². The molecule has 0 radical (unpaired) electrons. The quantitative estimate of drug-likeness (QED) is 0.624. The molecule has 8 nitrogen and oxygen atoms in total. The molecule has 4 rings (SSSR count). The van der Waals surface area contributed by atoms with E-state index in [1.165, 1.54) is 10.6 Å². The van der Waals surface area contributed by atoms with Gasteiger partial charge in [0.1, 0.15) is 6.54 Å². The predicted molar refractivity (Wildman–Crippen MR) is 111 cm³/mol. The highest BCUT2D eigenvalue weighted by atomic mass is 19.4. The minimum Gasteiger partial charge on any atom is -0.324 e. The van der Waals surface area contributed by atoms with Crippen molar-refractivity contribution in [2.45, 2.75) is 26.2 Å². The monoisotopic (exact) mass is 445 g/mol. The summed E-state index contributed by atoms with van der Waals surface area (Å²) in [5.41, 5.74) is -0.996. The number of anilines is 3. The van der Waals surface area contributed by atoms with Gasteiger partial charge in [-0.25, -0.2) is 4.68 Å². The summed E-state index contributed by atoms with van der Waals surface area (Å²) in [4.78, 5) is 39.1. The third-order valence-electron chi connectivity index (χ3n) is 5.02. The molecule has 1 N–H and O–H groups in total. The summed E-state index contributed by atoms with van der Waals surface area (Å²) in [6.45, 7) is 2.00. The average Bonchev–Trinajstić information content (AvgIpc) is 3.16. The van der Waals surface area contributed by atoms with Crippen LogP contribution in [0.5, 0.6) is 0 Å². The molecular weight excluding hydrogens is 427 g/mol. The van der Waals surface area contributed by atoms with Gasteiger partial charge in [-0.3, -0.25) is 19.0 Å². The summed E-state index contributed by atoms with van der Waals surface area (Å²) in [6, 6.07) is 11.6. The molecule has 166 valence electrons. The summed E-state index contributed by atoms with van der Waals surface area (Å²) in [6.07, 6.45) is -4.56. The first-order valence-corrected chi connectivity index (χ1v) is 9.67. The lowest BCUT2D eigenvalue weighted by Gasteiger charge is -2.18. The van der Waals surface area contributed by atoms with Crippen LogP contribution in [0.3, 0.4) is 0 Å². The van der Waals surface area contributed by atoms with E-state index in [-0.39, 0.29) is 18.2 Å². The fraction of sp³-hybridized carbons (Fsp3) is 0.238. The number of nitrogens with one attached hydrogen (secondary N) is 1. The summed E-state index contributed by atoms with van der Waals surface area (Å²) >= 11 is 0. The number of nitrogens with zero attached hydrogens (tertiary/aromatic N) is 4. The van der Waals surface area contributed by atoms with E-state index >= 15 is 0 Å². The molecule has 32 heavy (non-hydrogen) atoms. The van der Waals surface area contributed by atoms with Crippen LogP contribution in [0.4, 0.5) is 30.5 Å². The SMILES string of the molecule is Cc1ccc(N2CCn3c2nn(CC(=O)Nc2cccc(C(F)(F)F)c2)c(=O)c3=O)cc1. The Kier molecular flexibility index (Phi) is 5.33. The molecule has 0 unspecified atom stereocenters. The van der Waals surface area contributed by atoms with Crippen LogP contribution >= 0.6 is 0 Å². The number of fused-ring (bicyclic) bond motifs is 1. The van der Waals surface area contributed by atoms with Crippen molar-refractivity contribution >= 4 is 23.2 Å². The third-order valence-corrected chi connectivity index (χ3v) is 5.02. The fourth-order valence-electron chi connectivity index (χ4n) is 3.41. The zero-order chi connectivity index (χ0) is 23.0. The topological polar surface area (TPSA) is 89.2 Å². The highest BCUT2D eigenvalue weighted by Gasteiger charge is 2.30. The van der Waals surface area contributed by atoms with Crippen molar-refractivity contribution in [3.8, 4) is 0 Å². The number of alkyl halides is 3. The molecule has 3 aromatic rings. The van der Waals surface area contributed by atoms with E-state index < -0.39 is 35.3 Å². The summed E-state index contributed by atoms with van der Waals surface area (Å²) in [5.74, 6) is -0.575. The highest BCUT2D eigenvalue weighted by molar-refractivity contribution is 5.90. The molecule has 1 amide bonds. The van der Waals surface area contributed by atoms with Crippen molar-refractivity contribution in [2.24, 2.45) is 0 Å². The van der Waals surface area contributed by atoms with Gasteiger partial charge in [0, 0.05) is 24.5 Å². The highest BCUT2D eigenvalue weighted by Crippen LogP contribution is 2.30. The lowest BCUT2D eigenvalue weighted by atomic mass is 10.2. The maximum Gasteiger partial charge on any atom is 0.416 e. The Morgan fingerprint density at radius 3 is 2.47 bits per heavy atom. The van der Waals surface area contributed by atoms with Crippen LogP contribution in [0.1, 0.15) is 11.1 Å². The van der Waals surface area contributed by atoms with E-state index in [1.54, 1.807) is 4.90 Å². The summed E-state index contributed by atoms with van der Waals surface area (Å²) in [7, 11) is 0. The summed E-state index contributed by atoms with van der Waals surface area (Å²) < 4.78 is 40.6. The second kappa shape index (κ2) is 7.98. The third kappa shape index (κ3) is 4.13. The molecule has 0 saturated carbocycles. The molecule has 0 atom stereocenters. The van der Waals surface area contributed by atoms with Crippen LogP contribution in [0.25, 0.3) is 0 Å². The molecule has 1 aromatic heterocycles. The molecule has 11 heteroatoms. The van der Waals surface area contributed by atoms with Crippen molar-refractivity contribution in [2.75, 3.05) is 16.8 Å². The zero-order valence-corrected chi connectivity index (χ0v) is 16.9. The smallest absolute Gasteiger partial charge is 0.324 e. The molecule has 1 aliphatic heterocycles. The standard InChI is InChI=1S/C21H18F3N5O3/c1-13-5-7-16(8-6-13)27-9-10-28-18(31)19(32)29(26-20(27)28)12-17(30)25-15-4-2-3-14(11-15)21(22,23)24/h2-8,11H,9-10,12H2,1H3,(H,25,30). The van der Waals surface area contributed by atoms with Crippen molar-refractivity contribution in [3.05, 3.63) is 80.4 Å².